The Morgan fingerprint density at radius 2 is 1.80 bits per heavy atom. The number of likely N-dealkylation sites (tertiary alicyclic amines) is 1. The lowest BCUT2D eigenvalue weighted by Gasteiger charge is -2.36. The Balaban J connectivity index is 1.44. The molecule has 15 nitrogen and oxygen atoms in total. The fourth-order valence-corrected chi connectivity index (χ4v) is 8.39. The molecule has 0 unspecified atom stereocenters. The first kappa shape index (κ1) is 40.5. The van der Waals surface area contributed by atoms with E-state index in [4.69, 9.17) is 14.2 Å². The second-order valence-electron chi connectivity index (χ2n) is 15.9. The Kier molecular flexibility index (Phi) is 11.7. The number of hydrogen-bond donors (Lipinski definition) is 3. The molecule has 2 heterocycles. The zero-order chi connectivity index (χ0) is 39.7. The monoisotopic (exact) mass is 769 g/mol. The summed E-state index contributed by atoms with van der Waals surface area (Å²) in [7, 11) is -1.11. The number of sulfonamides is 1. The number of pyridine rings is 1. The number of carbonyl (C=O) groups excluding carboxylic acids is 5. The van der Waals surface area contributed by atoms with Gasteiger partial charge in [0, 0.05) is 24.4 Å². The summed E-state index contributed by atoms with van der Waals surface area (Å²) in [6.07, 6.45) is 3.23. The normalized spacial score (nSPS) is 23.6. The van der Waals surface area contributed by atoms with Crippen molar-refractivity contribution in [1.29, 1.82) is 0 Å². The molecule has 1 aromatic heterocycles. The van der Waals surface area contributed by atoms with Gasteiger partial charge >= 0.3 is 12.0 Å². The van der Waals surface area contributed by atoms with Crippen LogP contribution in [0.5, 0.6) is 11.6 Å². The van der Waals surface area contributed by atoms with Gasteiger partial charge in [0.2, 0.25) is 27.7 Å². The predicted molar refractivity (Wildman–Crippen MR) is 199 cm³/mol. The van der Waals surface area contributed by atoms with Crippen LogP contribution in [0.3, 0.4) is 0 Å². The number of fused-ring (bicyclic) bond motifs is 1. The van der Waals surface area contributed by atoms with Gasteiger partial charge in [-0.1, -0.05) is 40.7 Å². The average molecular weight is 770 g/mol. The maximum absolute atomic E-state index is 14.6. The minimum atomic E-state index is -3.89. The van der Waals surface area contributed by atoms with E-state index in [1.165, 1.54) is 18.1 Å². The Hall–Kier alpha value is -4.73. The van der Waals surface area contributed by atoms with Gasteiger partial charge in [0.05, 0.1) is 37.5 Å². The fourth-order valence-electron chi connectivity index (χ4n) is 7.00. The number of ketones is 1. The summed E-state index contributed by atoms with van der Waals surface area (Å²) in [5.74, 6) is -2.29. The molecule has 5 rings (SSSR count). The summed E-state index contributed by atoms with van der Waals surface area (Å²) in [6, 6.07) is 3.16. The summed E-state index contributed by atoms with van der Waals surface area (Å²) in [5.41, 5.74) is -2.22. The number of carbonyl (C=O) groups is 5. The van der Waals surface area contributed by atoms with E-state index in [1.807, 2.05) is 6.07 Å². The molecule has 2 saturated carbocycles. The van der Waals surface area contributed by atoms with Gasteiger partial charge in [0.25, 0.3) is 0 Å². The number of esters is 1. The smallest absolute Gasteiger partial charge is 0.328 e. The molecule has 3 aliphatic rings. The number of ether oxygens (including phenoxy) is 3. The highest BCUT2D eigenvalue weighted by atomic mass is 32.2. The molecule has 3 fully saturated rings. The van der Waals surface area contributed by atoms with Crippen molar-refractivity contribution in [1.82, 2.24) is 25.2 Å². The van der Waals surface area contributed by atoms with Crippen LogP contribution in [-0.2, 0) is 33.9 Å². The minimum Gasteiger partial charge on any atom is -0.497 e. The highest BCUT2D eigenvalue weighted by Crippen LogP contribution is 2.57. The number of hydrogen-bond acceptors (Lipinski definition) is 11. The second kappa shape index (κ2) is 15.6. The summed E-state index contributed by atoms with van der Waals surface area (Å²) in [5, 5.41) is 6.17. The molecule has 16 heteroatoms. The largest absolute Gasteiger partial charge is 0.497 e. The Bertz CT molecular complexity index is 1920. The molecule has 2 aromatic rings. The van der Waals surface area contributed by atoms with E-state index >= 15 is 0 Å². The third-order valence-corrected chi connectivity index (χ3v) is 12.3. The van der Waals surface area contributed by atoms with Crippen LogP contribution < -0.4 is 24.8 Å². The topological polar surface area (TPSA) is 199 Å². The molecule has 0 spiro atoms. The number of nitrogens with one attached hydrogen (secondary N) is 3. The molecule has 6 atom stereocenters. The SMILES string of the molecule is C=C[C@@H]1C[C@]1(CC(=O)[C@@H]1C[C@@H](Oc2nccc3cc(OC)ccc23)CN1C(=O)[C@@H](NC(=O)N[C@H](C(=O)OC)C(C)C)C(C)(C)C)C(=O)NS(=O)(=O)C1CC1. The van der Waals surface area contributed by atoms with Gasteiger partial charge in [-0.25, -0.2) is 23.0 Å². The average Bonchev–Trinajstić information content (AvgIpc) is 4.05. The van der Waals surface area contributed by atoms with E-state index in [2.05, 4.69) is 26.9 Å². The number of benzene rings is 1. The number of urea groups is 1. The van der Waals surface area contributed by atoms with Crippen molar-refractivity contribution in [3.63, 3.8) is 0 Å². The molecule has 2 aliphatic carbocycles. The van der Waals surface area contributed by atoms with Crippen LogP contribution in [0.1, 0.15) is 66.7 Å². The summed E-state index contributed by atoms with van der Waals surface area (Å²) in [6.45, 7) is 12.5. The Labute approximate surface area is 316 Å². The van der Waals surface area contributed by atoms with Crippen molar-refractivity contribution < 1.29 is 46.6 Å². The first-order valence-corrected chi connectivity index (χ1v) is 19.7. The van der Waals surface area contributed by atoms with Gasteiger partial charge in [-0.2, -0.15) is 0 Å². The molecule has 4 amide bonds. The van der Waals surface area contributed by atoms with Crippen molar-refractivity contribution in [2.75, 3.05) is 20.8 Å². The quantitative estimate of drug-likeness (QED) is 0.178. The number of aromatic nitrogens is 1. The minimum absolute atomic E-state index is 0.0381. The summed E-state index contributed by atoms with van der Waals surface area (Å²) < 4.78 is 44.3. The number of nitrogens with zero attached hydrogens (tertiary/aromatic N) is 2. The van der Waals surface area contributed by atoms with E-state index in [0.29, 0.717) is 24.0 Å². The van der Waals surface area contributed by atoms with Crippen molar-refractivity contribution in [3.05, 3.63) is 43.1 Å². The summed E-state index contributed by atoms with van der Waals surface area (Å²) >= 11 is 0. The Morgan fingerprint density at radius 3 is 2.37 bits per heavy atom. The number of amides is 4. The highest BCUT2D eigenvalue weighted by molar-refractivity contribution is 7.90. The van der Waals surface area contributed by atoms with E-state index in [9.17, 15) is 32.4 Å². The van der Waals surface area contributed by atoms with Gasteiger partial charge in [0.1, 0.15) is 23.9 Å². The lowest BCUT2D eigenvalue weighted by atomic mass is 9.85. The number of allylic oxidation sites excluding steroid dienone is 1. The third kappa shape index (κ3) is 8.63. The number of Topliss-reactive ketones (excluding diaryl/α,β-unsaturated/α-hetero) is 1. The molecule has 1 aromatic carbocycles. The maximum Gasteiger partial charge on any atom is 0.328 e. The first-order valence-electron chi connectivity index (χ1n) is 18.1. The van der Waals surface area contributed by atoms with E-state index < -0.39 is 85.8 Å². The van der Waals surface area contributed by atoms with E-state index in [1.54, 1.807) is 66.1 Å². The fraction of sp³-hybridized carbons (Fsp3) is 0.579. The zero-order valence-electron chi connectivity index (χ0n) is 31.8. The molecule has 294 valence electrons. The molecule has 1 aliphatic heterocycles. The van der Waals surface area contributed by atoms with Crippen molar-refractivity contribution in [3.8, 4) is 11.6 Å². The van der Waals surface area contributed by atoms with Crippen molar-refractivity contribution in [2.45, 2.75) is 96.2 Å². The van der Waals surface area contributed by atoms with Gasteiger partial charge < -0.3 is 29.7 Å². The molecule has 54 heavy (non-hydrogen) atoms. The van der Waals surface area contributed by atoms with E-state index in [0.717, 1.165) is 5.39 Å². The van der Waals surface area contributed by atoms with Crippen LogP contribution in [-0.4, -0.2) is 98.1 Å². The lowest BCUT2D eigenvalue weighted by Crippen LogP contribution is -2.60. The number of rotatable bonds is 15. The van der Waals surface area contributed by atoms with Crippen LogP contribution in [0.4, 0.5) is 4.79 Å². The van der Waals surface area contributed by atoms with Crippen molar-refractivity contribution in [2.24, 2.45) is 22.7 Å². The molecule has 0 bridgehead atoms. The van der Waals surface area contributed by atoms with Gasteiger partial charge in [-0.15, -0.1) is 6.58 Å². The van der Waals surface area contributed by atoms with E-state index in [-0.39, 0.29) is 37.6 Å². The lowest BCUT2D eigenvalue weighted by molar-refractivity contribution is -0.144. The van der Waals surface area contributed by atoms with Crippen LogP contribution in [0, 0.1) is 22.7 Å². The summed E-state index contributed by atoms with van der Waals surface area (Å²) in [4.78, 5) is 74.1. The van der Waals surface area contributed by atoms with Crippen LogP contribution >= 0.6 is 0 Å². The number of methoxy groups -OCH3 is 2. The van der Waals surface area contributed by atoms with Crippen LogP contribution in [0.15, 0.2) is 43.1 Å². The second-order valence-corrected chi connectivity index (χ2v) is 17.8. The van der Waals surface area contributed by atoms with Crippen LogP contribution in [0.25, 0.3) is 10.8 Å². The Morgan fingerprint density at radius 1 is 1.09 bits per heavy atom. The van der Waals surface area contributed by atoms with Gasteiger partial charge in [-0.3, -0.25) is 19.1 Å². The zero-order valence-corrected chi connectivity index (χ0v) is 32.7. The van der Waals surface area contributed by atoms with Gasteiger partial charge in [-0.05, 0) is 66.2 Å². The molecule has 1 saturated heterocycles. The molecular weight excluding hydrogens is 719 g/mol. The maximum atomic E-state index is 14.6. The van der Waals surface area contributed by atoms with Crippen molar-refractivity contribution >= 4 is 50.4 Å². The molecule has 3 N–H and O–H groups in total. The molecular formula is C38H51N5O10S. The van der Waals surface area contributed by atoms with Crippen LogP contribution in [0.2, 0.25) is 0 Å². The molecule has 0 radical (unpaired) electrons. The standard InChI is InChI=1S/C38H51N5O10S/c1-9-23-18-38(23,35(47)42-54(49,50)26-11-12-26)19-29(44)28-17-25(53-32-27-13-10-24(51-7)16-22(27)14-15-39-32)20-43(28)33(45)31(37(4,5)6)41-36(48)40-30(21(2)3)34(46)52-8/h9-10,13-16,21,23,25-26,28,30-31H,1,11-12,17-20H2,2-8H3,(H,42,47)(H2,40,41,48)/t23-,25-,28+,30+,31-,38-/m1/s1. The third-order valence-electron chi connectivity index (χ3n) is 10.5. The predicted octanol–water partition coefficient (Wildman–Crippen LogP) is 3.26. The highest BCUT2D eigenvalue weighted by Gasteiger charge is 2.61. The van der Waals surface area contributed by atoms with Gasteiger partial charge in [0.15, 0.2) is 5.78 Å². The first-order chi connectivity index (χ1) is 25.3.